The number of hydrogen-bond donors (Lipinski definition) is 2. The highest BCUT2D eigenvalue weighted by Crippen LogP contribution is 2.32. The van der Waals surface area contributed by atoms with Gasteiger partial charge in [0.1, 0.15) is 5.69 Å². The van der Waals surface area contributed by atoms with Gasteiger partial charge in [-0.1, -0.05) is 0 Å². The van der Waals surface area contributed by atoms with Crippen molar-refractivity contribution in [3.05, 3.63) is 73.2 Å². The van der Waals surface area contributed by atoms with Gasteiger partial charge in [0.15, 0.2) is 5.82 Å². The summed E-state index contributed by atoms with van der Waals surface area (Å²) in [5.41, 5.74) is 8.16. The molecule has 6 rings (SSSR count). The predicted octanol–water partition coefficient (Wildman–Crippen LogP) is 4.33. The zero-order valence-electron chi connectivity index (χ0n) is 16.5. The molecule has 6 aromatic heterocycles. The molecule has 8 nitrogen and oxygen atoms in total. The molecule has 2 N–H and O–H groups in total. The van der Waals surface area contributed by atoms with Crippen LogP contribution in [0.15, 0.2) is 67.6 Å². The van der Waals surface area contributed by atoms with E-state index < -0.39 is 0 Å². The molecule has 0 spiro atoms. The van der Waals surface area contributed by atoms with E-state index in [-0.39, 0.29) is 0 Å². The van der Waals surface area contributed by atoms with E-state index >= 15 is 0 Å². The van der Waals surface area contributed by atoms with Crippen molar-refractivity contribution < 1.29 is 0 Å². The SMILES string of the molecule is Cc1ccncc1-c1cc2c(-c3nc4c(-c5ccncc5)cncc4[nH]3)n[nH]c2cn1. The Morgan fingerprint density at radius 2 is 1.65 bits per heavy atom. The van der Waals surface area contributed by atoms with Gasteiger partial charge in [-0.25, -0.2) is 4.98 Å². The number of imidazole rings is 1. The Kier molecular flexibility index (Phi) is 3.82. The Balaban J connectivity index is 1.52. The highest BCUT2D eigenvalue weighted by Gasteiger charge is 2.16. The second-order valence-electron chi connectivity index (χ2n) is 7.28. The van der Waals surface area contributed by atoms with Crippen LogP contribution in [-0.2, 0) is 0 Å². The first kappa shape index (κ1) is 17.4. The number of pyridine rings is 4. The standard InChI is InChI=1S/C23H16N8/c1-13-2-5-25-9-16(13)18-8-15-19(12-27-18)30-31-22(15)23-28-20-11-26-10-17(21(20)29-23)14-3-6-24-7-4-14/h2-12H,1H3,(H,28,29)(H,30,31). The molecule has 6 heterocycles. The minimum Gasteiger partial charge on any atom is -0.335 e. The van der Waals surface area contributed by atoms with Crippen LogP contribution < -0.4 is 0 Å². The van der Waals surface area contributed by atoms with E-state index in [1.807, 2.05) is 43.6 Å². The quantitative estimate of drug-likeness (QED) is 0.454. The summed E-state index contributed by atoms with van der Waals surface area (Å²) in [7, 11) is 0. The molecule has 148 valence electrons. The fourth-order valence-electron chi connectivity index (χ4n) is 3.76. The lowest BCUT2D eigenvalue weighted by molar-refractivity contribution is 1.10. The maximum atomic E-state index is 4.87. The summed E-state index contributed by atoms with van der Waals surface area (Å²) in [6.45, 7) is 2.05. The van der Waals surface area contributed by atoms with Gasteiger partial charge in [-0.15, -0.1) is 0 Å². The lowest BCUT2D eigenvalue weighted by Crippen LogP contribution is -1.89. The second-order valence-corrected chi connectivity index (χ2v) is 7.28. The third-order valence-corrected chi connectivity index (χ3v) is 5.37. The van der Waals surface area contributed by atoms with E-state index in [0.717, 1.165) is 55.6 Å². The van der Waals surface area contributed by atoms with E-state index in [4.69, 9.17) is 4.98 Å². The number of aromatic amines is 2. The molecule has 31 heavy (non-hydrogen) atoms. The van der Waals surface area contributed by atoms with E-state index in [9.17, 15) is 0 Å². The number of aryl methyl sites for hydroxylation is 1. The molecule has 0 saturated heterocycles. The molecule has 0 fully saturated rings. The summed E-state index contributed by atoms with van der Waals surface area (Å²) in [5.74, 6) is 0.671. The average Bonchev–Trinajstić information content (AvgIpc) is 3.43. The van der Waals surface area contributed by atoms with Crippen LogP contribution in [0.3, 0.4) is 0 Å². The number of nitrogens with one attached hydrogen (secondary N) is 2. The first-order chi connectivity index (χ1) is 15.3. The normalized spacial score (nSPS) is 11.4. The number of H-pyrrole nitrogens is 2. The van der Waals surface area contributed by atoms with Crippen LogP contribution >= 0.6 is 0 Å². The molecule has 0 atom stereocenters. The molecule has 0 radical (unpaired) electrons. The molecule has 0 aliphatic rings. The third kappa shape index (κ3) is 2.84. The van der Waals surface area contributed by atoms with Crippen LogP contribution in [-0.4, -0.2) is 40.1 Å². The Morgan fingerprint density at radius 1 is 0.806 bits per heavy atom. The van der Waals surface area contributed by atoms with Crippen LogP contribution in [0.1, 0.15) is 5.56 Å². The van der Waals surface area contributed by atoms with Gasteiger partial charge in [0, 0.05) is 47.5 Å². The highest BCUT2D eigenvalue weighted by molar-refractivity contribution is 5.97. The summed E-state index contributed by atoms with van der Waals surface area (Å²) in [5, 5.41) is 8.51. The van der Waals surface area contributed by atoms with Crippen molar-refractivity contribution >= 4 is 21.9 Å². The summed E-state index contributed by atoms with van der Waals surface area (Å²) < 4.78 is 0. The van der Waals surface area contributed by atoms with Crippen molar-refractivity contribution in [3.63, 3.8) is 0 Å². The number of hydrogen-bond acceptors (Lipinski definition) is 6. The fourth-order valence-corrected chi connectivity index (χ4v) is 3.76. The van der Waals surface area contributed by atoms with Gasteiger partial charge >= 0.3 is 0 Å². The predicted molar refractivity (Wildman–Crippen MR) is 118 cm³/mol. The lowest BCUT2D eigenvalue weighted by Gasteiger charge is -2.04. The number of fused-ring (bicyclic) bond motifs is 2. The van der Waals surface area contributed by atoms with E-state index in [1.165, 1.54) is 0 Å². The Hall–Kier alpha value is -4.46. The van der Waals surface area contributed by atoms with Crippen molar-refractivity contribution in [2.45, 2.75) is 6.92 Å². The highest BCUT2D eigenvalue weighted by atomic mass is 15.1. The molecular formula is C23H16N8. The van der Waals surface area contributed by atoms with Gasteiger partial charge in [0.05, 0.1) is 34.6 Å². The van der Waals surface area contributed by atoms with Gasteiger partial charge in [0.25, 0.3) is 0 Å². The average molecular weight is 404 g/mol. The molecule has 0 unspecified atom stereocenters. The molecule has 0 aliphatic carbocycles. The van der Waals surface area contributed by atoms with E-state index in [0.29, 0.717) is 5.82 Å². The van der Waals surface area contributed by atoms with Crippen molar-refractivity contribution in [2.24, 2.45) is 0 Å². The maximum Gasteiger partial charge on any atom is 0.159 e. The maximum absolute atomic E-state index is 4.87. The minimum absolute atomic E-state index is 0.671. The zero-order valence-corrected chi connectivity index (χ0v) is 16.5. The molecule has 0 aromatic carbocycles. The lowest BCUT2D eigenvalue weighted by atomic mass is 10.1. The third-order valence-electron chi connectivity index (χ3n) is 5.37. The first-order valence-corrected chi connectivity index (χ1v) is 9.77. The minimum atomic E-state index is 0.671. The van der Waals surface area contributed by atoms with Crippen molar-refractivity contribution in [3.8, 4) is 33.9 Å². The van der Waals surface area contributed by atoms with Gasteiger partial charge in [-0.2, -0.15) is 5.10 Å². The van der Waals surface area contributed by atoms with Crippen LogP contribution in [0.4, 0.5) is 0 Å². The zero-order chi connectivity index (χ0) is 20.8. The Morgan fingerprint density at radius 3 is 2.52 bits per heavy atom. The second kappa shape index (κ2) is 6.81. The van der Waals surface area contributed by atoms with Gasteiger partial charge < -0.3 is 4.98 Å². The van der Waals surface area contributed by atoms with Crippen LogP contribution in [0, 0.1) is 6.92 Å². The molecule has 0 bridgehead atoms. The smallest absolute Gasteiger partial charge is 0.159 e. The molecule has 6 aromatic rings. The van der Waals surface area contributed by atoms with Crippen LogP contribution in [0.25, 0.3) is 55.8 Å². The molecule has 0 aliphatic heterocycles. The molecule has 8 heteroatoms. The Bertz CT molecular complexity index is 1550. The van der Waals surface area contributed by atoms with E-state index in [1.54, 1.807) is 31.0 Å². The van der Waals surface area contributed by atoms with E-state index in [2.05, 4.69) is 35.1 Å². The fraction of sp³-hybridized carbons (Fsp3) is 0.0435. The van der Waals surface area contributed by atoms with Gasteiger partial charge in [-0.05, 0) is 42.3 Å². The van der Waals surface area contributed by atoms with Crippen molar-refractivity contribution in [2.75, 3.05) is 0 Å². The first-order valence-electron chi connectivity index (χ1n) is 9.77. The van der Waals surface area contributed by atoms with Gasteiger partial charge in [0.2, 0.25) is 0 Å². The monoisotopic (exact) mass is 404 g/mol. The molecule has 0 amide bonds. The Labute approximate surface area is 176 Å². The molecular weight excluding hydrogens is 388 g/mol. The summed E-state index contributed by atoms with van der Waals surface area (Å²) in [4.78, 5) is 25.5. The summed E-state index contributed by atoms with van der Waals surface area (Å²) >= 11 is 0. The van der Waals surface area contributed by atoms with Crippen LogP contribution in [0.5, 0.6) is 0 Å². The van der Waals surface area contributed by atoms with Crippen molar-refractivity contribution in [1.29, 1.82) is 0 Å². The largest absolute Gasteiger partial charge is 0.335 e. The topological polar surface area (TPSA) is 109 Å². The number of nitrogens with zero attached hydrogens (tertiary/aromatic N) is 6. The van der Waals surface area contributed by atoms with Crippen molar-refractivity contribution in [1.82, 2.24) is 40.1 Å². The summed E-state index contributed by atoms with van der Waals surface area (Å²) in [6, 6.07) is 7.89. The summed E-state index contributed by atoms with van der Waals surface area (Å²) in [6.07, 6.45) is 12.5. The van der Waals surface area contributed by atoms with Gasteiger partial charge in [-0.3, -0.25) is 25.0 Å². The number of rotatable bonds is 3. The van der Waals surface area contributed by atoms with Crippen LogP contribution in [0.2, 0.25) is 0 Å². The number of aromatic nitrogens is 8. The molecule has 0 saturated carbocycles.